The van der Waals surface area contributed by atoms with Gasteiger partial charge < -0.3 is 34.1 Å². The zero-order valence-electron chi connectivity index (χ0n) is 15.4. The van der Waals surface area contributed by atoms with Crippen LogP contribution in [0.4, 0.5) is 0 Å². The van der Waals surface area contributed by atoms with E-state index in [1.165, 1.54) is 0 Å². The molecule has 0 saturated carbocycles. The third-order valence-electron chi connectivity index (χ3n) is 5.47. The summed E-state index contributed by atoms with van der Waals surface area (Å²) in [7, 11) is 0. The minimum Gasteiger partial charge on any atom is -0.454 e. The van der Waals surface area contributed by atoms with Crippen LogP contribution in [0.1, 0.15) is 17.4 Å². The third-order valence-corrected chi connectivity index (χ3v) is 5.78. The van der Waals surface area contributed by atoms with E-state index in [4.69, 9.17) is 25.8 Å². The van der Waals surface area contributed by atoms with Gasteiger partial charge in [-0.25, -0.2) is 0 Å². The molecule has 0 amide bonds. The van der Waals surface area contributed by atoms with Gasteiger partial charge in [0.15, 0.2) is 17.7 Å². The van der Waals surface area contributed by atoms with Gasteiger partial charge in [0, 0.05) is 11.6 Å². The summed E-state index contributed by atoms with van der Waals surface area (Å²) in [4.78, 5) is 0. The van der Waals surface area contributed by atoms with Gasteiger partial charge in [-0.05, 0) is 41.8 Å². The number of nitrogens with zero attached hydrogens (tertiary/aromatic N) is 1. The van der Waals surface area contributed by atoms with Crippen molar-refractivity contribution in [2.24, 2.45) is 0 Å². The summed E-state index contributed by atoms with van der Waals surface area (Å²) in [6, 6.07) is 11.3. The predicted octanol–water partition coefficient (Wildman–Crippen LogP) is 2.23. The molecule has 8 heteroatoms. The van der Waals surface area contributed by atoms with Crippen LogP contribution in [0, 0.1) is 0 Å². The number of hydrogen-bond donors (Lipinski definition) is 3. The fourth-order valence-electron chi connectivity index (χ4n) is 4.00. The fraction of sp³-hybridized carbons (Fsp3) is 0.333. The van der Waals surface area contributed by atoms with Gasteiger partial charge in [-0.2, -0.15) is 0 Å². The fourth-order valence-corrected chi connectivity index (χ4v) is 4.29. The van der Waals surface area contributed by atoms with Gasteiger partial charge in [-0.15, -0.1) is 0 Å². The van der Waals surface area contributed by atoms with E-state index in [2.05, 4.69) is 0 Å². The second kappa shape index (κ2) is 7.19. The van der Waals surface area contributed by atoms with E-state index in [0.29, 0.717) is 17.2 Å². The van der Waals surface area contributed by atoms with Gasteiger partial charge in [0.1, 0.15) is 18.3 Å². The van der Waals surface area contributed by atoms with E-state index in [9.17, 15) is 15.3 Å². The summed E-state index contributed by atoms with van der Waals surface area (Å²) in [5, 5.41) is 31.8. The Hall–Kier alpha value is -2.29. The molecule has 2 aliphatic rings. The molecule has 2 aliphatic heterocycles. The second-order valence-corrected chi connectivity index (χ2v) is 7.74. The maximum absolute atomic E-state index is 10.5. The predicted molar refractivity (Wildman–Crippen MR) is 105 cm³/mol. The molecule has 0 aliphatic carbocycles. The Balaban J connectivity index is 1.56. The third kappa shape index (κ3) is 3.15. The summed E-state index contributed by atoms with van der Waals surface area (Å²) in [5.41, 5.74) is 2.75. The van der Waals surface area contributed by atoms with Crippen molar-refractivity contribution in [1.29, 1.82) is 0 Å². The lowest BCUT2D eigenvalue weighted by atomic mass is 10.0. The van der Waals surface area contributed by atoms with E-state index in [-0.39, 0.29) is 13.4 Å². The van der Waals surface area contributed by atoms with Crippen LogP contribution in [0.5, 0.6) is 11.5 Å². The molecule has 5 rings (SSSR count). The Bertz CT molecular complexity index is 1070. The minimum absolute atomic E-state index is 0.0688. The molecule has 2 aromatic carbocycles. The Morgan fingerprint density at radius 1 is 1.03 bits per heavy atom. The monoisotopic (exact) mass is 417 g/mol. The molecule has 4 atom stereocenters. The van der Waals surface area contributed by atoms with Gasteiger partial charge in [-0.1, -0.05) is 23.7 Å². The lowest BCUT2D eigenvalue weighted by Gasteiger charge is -2.36. The Morgan fingerprint density at radius 3 is 2.72 bits per heavy atom. The van der Waals surface area contributed by atoms with Crippen LogP contribution in [0.3, 0.4) is 0 Å². The van der Waals surface area contributed by atoms with E-state index in [1.807, 2.05) is 42.6 Å². The van der Waals surface area contributed by atoms with Crippen molar-refractivity contribution < 1.29 is 29.5 Å². The van der Waals surface area contributed by atoms with Crippen molar-refractivity contribution in [1.82, 2.24) is 4.57 Å². The average molecular weight is 418 g/mol. The SMILES string of the molecule is O[C@@H]1[C@@H](O)[C@H](n2cc(Cc3ccc4c(c3)OCO4)c3c(Cl)cccc32)OC[C@H]1O. The number of rotatable bonds is 3. The molecule has 1 saturated heterocycles. The maximum Gasteiger partial charge on any atom is 0.231 e. The smallest absolute Gasteiger partial charge is 0.231 e. The molecule has 3 heterocycles. The number of halogens is 1. The average Bonchev–Trinajstić information content (AvgIpc) is 3.32. The highest BCUT2D eigenvalue weighted by atomic mass is 35.5. The lowest BCUT2D eigenvalue weighted by Crippen LogP contribution is -2.50. The molecular formula is C21H20ClNO6. The first-order chi connectivity index (χ1) is 14.0. The van der Waals surface area contributed by atoms with Crippen LogP contribution in [0.25, 0.3) is 10.9 Å². The summed E-state index contributed by atoms with van der Waals surface area (Å²) in [5.74, 6) is 1.43. The summed E-state index contributed by atoms with van der Waals surface area (Å²) in [6.45, 7) is 0.148. The number of ether oxygens (including phenoxy) is 3. The van der Waals surface area contributed by atoms with Crippen molar-refractivity contribution in [3.05, 3.63) is 58.7 Å². The molecule has 7 nitrogen and oxygen atoms in total. The molecule has 3 N–H and O–H groups in total. The first-order valence-corrected chi connectivity index (χ1v) is 9.73. The second-order valence-electron chi connectivity index (χ2n) is 7.33. The molecule has 29 heavy (non-hydrogen) atoms. The Morgan fingerprint density at radius 2 is 1.86 bits per heavy atom. The Kier molecular flexibility index (Phi) is 4.64. The maximum atomic E-state index is 10.5. The van der Waals surface area contributed by atoms with Gasteiger partial charge in [0.25, 0.3) is 0 Å². The number of aromatic nitrogens is 1. The summed E-state index contributed by atoms with van der Waals surface area (Å²) < 4.78 is 18.3. The van der Waals surface area contributed by atoms with E-state index >= 15 is 0 Å². The van der Waals surface area contributed by atoms with Gasteiger partial charge in [0.05, 0.1) is 17.1 Å². The van der Waals surface area contributed by atoms with Crippen LogP contribution < -0.4 is 9.47 Å². The topological polar surface area (TPSA) is 93.3 Å². The molecule has 0 unspecified atom stereocenters. The van der Waals surface area contributed by atoms with E-state index in [0.717, 1.165) is 27.8 Å². The van der Waals surface area contributed by atoms with Crippen LogP contribution in [-0.4, -0.2) is 51.6 Å². The molecule has 0 radical (unpaired) electrons. The number of benzene rings is 2. The van der Waals surface area contributed by atoms with Crippen LogP contribution in [-0.2, 0) is 11.2 Å². The number of fused-ring (bicyclic) bond motifs is 2. The van der Waals surface area contributed by atoms with E-state index < -0.39 is 24.5 Å². The quantitative estimate of drug-likeness (QED) is 0.605. The highest BCUT2D eigenvalue weighted by Gasteiger charge is 2.39. The number of hydrogen-bond acceptors (Lipinski definition) is 6. The molecular weight excluding hydrogens is 398 g/mol. The molecule has 0 bridgehead atoms. The van der Waals surface area contributed by atoms with Crippen LogP contribution >= 0.6 is 11.6 Å². The summed E-state index contributed by atoms with van der Waals surface area (Å²) >= 11 is 6.51. The number of aliphatic hydroxyl groups excluding tert-OH is 3. The van der Waals surface area contributed by atoms with Crippen molar-refractivity contribution in [3.63, 3.8) is 0 Å². The standard InChI is InChI=1S/C21H20ClNO6/c22-13-2-1-3-14-18(13)12(6-11-4-5-16-17(7-11)29-10-28-16)8-23(14)21-20(26)19(25)15(24)9-27-21/h1-5,7-8,15,19-21,24-26H,6,9-10H2/t15-,19+,20-,21-/m1/s1. The van der Waals surface area contributed by atoms with E-state index in [1.54, 1.807) is 4.57 Å². The highest BCUT2D eigenvalue weighted by molar-refractivity contribution is 6.35. The zero-order chi connectivity index (χ0) is 20.1. The summed E-state index contributed by atoms with van der Waals surface area (Å²) in [6.07, 6.45) is -2.06. The molecule has 1 aromatic heterocycles. The molecule has 1 fully saturated rings. The van der Waals surface area contributed by atoms with Gasteiger partial charge in [-0.3, -0.25) is 0 Å². The number of aliphatic hydroxyl groups is 3. The van der Waals surface area contributed by atoms with Crippen molar-refractivity contribution in [2.75, 3.05) is 13.4 Å². The normalized spacial score (nSPS) is 26.2. The lowest BCUT2D eigenvalue weighted by molar-refractivity contribution is -0.209. The largest absolute Gasteiger partial charge is 0.454 e. The molecule has 0 spiro atoms. The highest BCUT2D eigenvalue weighted by Crippen LogP contribution is 2.37. The van der Waals surface area contributed by atoms with Crippen molar-refractivity contribution >= 4 is 22.5 Å². The van der Waals surface area contributed by atoms with Gasteiger partial charge in [0.2, 0.25) is 6.79 Å². The van der Waals surface area contributed by atoms with Crippen molar-refractivity contribution in [3.8, 4) is 11.5 Å². The van der Waals surface area contributed by atoms with Crippen LogP contribution in [0.2, 0.25) is 5.02 Å². The minimum atomic E-state index is -1.29. The Labute approximate surface area is 171 Å². The van der Waals surface area contributed by atoms with Crippen molar-refractivity contribution in [2.45, 2.75) is 31.0 Å². The van der Waals surface area contributed by atoms with Gasteiger partial charge >= 0.3 is 0 Å². The molecule has 3 aromatic rings. The first kappa shape index (κ1) is 18.7. The zero-order valence-corrected chi connectivity index (χ0v) is 16.1. The first-order valence-electron chi connectivity index (χ1n) is 9.35. The molecule has 152 valence electrons. The van der Waals surface area contributed by atoms with Crippen LogP contribution in [0.15, 0.2) is 42.6 Å².